The van der Waals surface area contributed by atoms with Gasteiger partial charge in [0, 0.05) is 18.9 Å². The van der Waals surface area contributed by atoms with Crippen LogP contribution in [0.2, 0.25) is 0 Å². The monoisotopic (exact) mass is 232 g/mol. The summed E-state index contributed by atoms with van der Waals surface area (Å²) in [6.07, 6.45) is 3.91. The van der Waals surface area contributed by atoms with Gasteiger partial charge >= 0.3 is 0 Å². The Morgan fingerprint density at radius 2 is 1.94 bits per heavy atom. The summed E-state index contributed by atoms with van der Waals surface area (Å²) >= 11 is 0. The number of rotatable bonds is 4. The van der Waals surface area contributed by atoms with Crippen molar-refractivity contribution in [1.29, 1.82) is 0 Å². The molecule has 0 aliphatic carbocycles. The van der Waals surface area contributed by atoms with Crippen LogP contribution in [0.3, 0.4) is 0 Å². The van der Waals surface area contributed by atoms with Crippen LogP contribution in [-0.4, -0.2) is 10.9 Å². The molecule has 2 rings (SSSR count). The molecule has 0 fully saturated rings. The van der Waals surface area contributed by atoms with Gasteiger partial charge in [0.25, 0.3) is 0 Å². The largest absolute Gasteiger partial charge is 0.367 e. The highest BCUT2D eigenvalue weighted by Crippen LogP contribution is 2.03. The molecule has 0 unspecified atom stereocenters. The number of H-pyrrole nitrogens is 1. The maximum absolute atomic E-state index is 12.7. The smallest absolute Gasteiger partial charge is 0.224 e. The second-order valence-corrected chi connectivity index (χ2v) is 3.80. The van der Waals surface area contributed by atoms with Crippen LogP contribution in [-0.2, 0) is 17.8 Å². The first-order valence-corrected chi connectivity index (χ1v) is 5.37. The number of nitrogens with one attached hydrogen (secondary N) is 2. The molecular weight excluding hydrogens is 219 g/mol. The molecule has 0 saturated heterocycles. The molecule has 0 aliphatic heterocycles. The Labute approximate surface area is 98.7 Å². The first kappa shape index (κ1) is 11.4. The van der Waals surface area contributed by atoms with Gasteiger partial charge in [0.1, 0.15) is 5.82 Å². The predicted octanol–water partition coefficient (Wildman–Crippen LogP) is 2.01. The Bertz CT molecular complexity index is 477. The molecule has 0 radical (unpaired) electrons. The Morgan fingerprint density at radius 1 is 1.18 bits per heavy atom. The molecule has 1 aromatic carbocycles. The fourth-order valence-corrected chi connectivity index (χ4v) is 1.52. The molecule has 0 bridgehead atoms. The van der Waals surface area contributed by atoms with E-state index in [9.17, 15) is 9.18 Å². The lowest BCUT2D eigenvalue weighted by Crippen LogP contribution is -2.24. The summed E-state index contributed by atoms with van der Waals surface area (Å²) < 4.78 is 12.7. The van der Waals surface area contributed by atoms with Crippen LogP contribution in [0.25, 0.3) is 0 Å². The first-order chi connectivity index (χ1) is 8.24. The van der Waals surface area contributed by atoms with E-state index in [4.69, 9.17) is 0 Å². The summed E-state index contributed by atoms with van der Waals surface area (Å²) in [7, 11) is 0. The van der Waals surface area contributed by atoms with Gasteiger partial charge in [-0.3, -0.25) is 4.79 Å². The number of halogens is 1. The van der Waals surface area contributed by atoms with Crippen molar-refractivity contribution in [1.82, 2.24) is 10.3 Å². The van der Waals surface area contributed by atoms with Crippen molar-refractivity contribution in [3.05, 3.63) is 59.7 Å². The minimum Gasteiger partial charge on any atom is -0.367 e. The van der Waals surface area contributed by atoms with Crippen molar-refractivity contribution in [2.45, 2.75) is 13.0 Å². The zero-order valence-electron chi connectivity index (χ0n) is 9.24. The van der Waals surface area contributed by atoms with E-state index in [1.807, 2.05) is 18.5 Å². The summed E-state index contributed by atoms with van der Waals surface area (Å²) in [5.74, 6) is -0.362. The highest BCUT2D eigenvalue weighted by molar-refractivity contribution is 5.78. The third-order valence-electron chi connectivity index (χ3n) is 2.43. The van der Waals surface area contributed by atoms with Gasteiger partial charge < -0.3 is 10.3 Å². The fraction of sp³-hybridized carbons (Fsp3) is 0.154. The summed E-state index contributed by atoms with van der Waals surface area (Å²) in [5, 5.41) is 2.80. The van der Waals surface area contributed by atoms with E-state index in [0.717, 1.165) is 11.1 Å². The number of carbonyl (C=O) groups excluding carboxylic acids is 1. The zero-order chi connectivity index (χ0) is 12.1. The van der Waals surface area contributed by atoms with E-state index in [-0.39, 0.29) is 18.1 Å². The molecule has 1 heterocycles. The molecule has 2 N–H and O–H groups in total. The van der Waals surface area contributed by atoms with Crippen molar-refractivity contribution in [3.63, 3.8) is 0 Å². The Hall–Kier alpha value is -2.10. The normalized spacial score (nSPS) is 10.2. The number of amides is 1. The molecule has 4 heteroatoms. The molecule has 0 aliphatic rings. The van der Waals surface area contributed by atoms with Gasteiger partial charge in [-0.05, 0) is 29.3 Å². The van der Waals surface area contributed by atoms with Gasteiger partial charge in [0.15, 0.2) is 0 Å². The summed E-state index contributed by atoms with van der Waals surface area (Å²) in [5.41, 5.74) is 1.83. The van der Waals surface area contributed by atoms with Gasteiger partial charge in [-0.1, -0.05) is 12.1 Å². The number of carbonyl (C=O) groups is 1. The number of aromatic nitrogens is 1. The van der Waals surface area contributed by atoms with Crippen LogP contribution < -0.4 is 5.32 Å². The van der Waals surface area contributed by atoms with Gasteiger partial charge in [-0.2, -0.15) is 0 Å². The van der Waals surface area contributed by atoms with Gasteiger partial charge in [0.05, 0.1) is 6.42 Å². The average molecular weight is 232 g/mol. The Balaban J connectivity index is 1.83. The van der Waals surface area contributed by atoms with Crippen molar-refractivity contribution >= 4 is 5.91 Å². The van der Waals surface area contributed by atoms with Crippen LogP contribution in [0.1, 0.15) is 11.1 Å². The number of hydrogen-bond acceptors (Lipinski definition) is 1. The molecule has 0 saturated carbocycles. The number of aromatic amines is 1. The Kier molecular flexibility index (Phi) is 3.55. The van der Waals surface area contributed by atoms with Crippen molar-refractivity contribution in [2.75, 3.05) is 0 Å². The summed E-state index contributed by atoms with van der Waals surface area (Å²) in [6.45, 7) is 0.504. The van der Waals surface area contributed by atoms with Gasteiger partial charge in [-0.15, -0.1) is 0 Å². The lowest BCUT2D eigenvalue weighted by Gasteiger charge is -2.03. The van der Waals surface area contributed by atoms with E-state index in [0.29, 0.717) is 6.54 Å². The summed E-state index contributed by atoms with van der Waals surface area (Å²) in [6, 6.07) is 7.85. The molecule has 17 heavy (non-hydrogen) atoms. The minimum absolute atomic E-state index is 0.0715. The van der Waals surface area contributed by atoms with Crippen LogP contribution in [0.4, 0.5) is 4.39 Å². The van der Waals surface area contributed by atoms with Crippen LogP contribution in [0.15, 0.2) is 42.7 Å². The number of benzene rings is 1. The highest BCUT2D eigenvalue weighted by atomic mass is 19.1. The molecule has 2 aromatic rings. The summed E-state index contributed by atoms with van der Waals surface area (Å²) in [4.78, 5) is 14.5. The van der Waals surface area contributed by atoms with Crippen LogP contribution >= 0.6 is 0 Å². The average Bonchev–Trinajstić information content (AvgIpc) is 2.83. The molecule has 3 nitrogen and oxygen atoms in total. The minimum atomic E-state index is -0.290. The van der Waals surface area contributed by atoms with Crippen molar-refractivity contribution in [3.8, 4) is 0 Å². The third kappa shape index (κ3) is 3.45. The van der Waals surface area contributed by atoms with E-state index in [2.05, 4.69) is 10.3 Å². The maximum Gasteiger partial charge on any atom is 0.224 e. The fourth-order valence-electron chi connectivity index (χ4n) is 1.52. The molecule has 88 valence electrons. The quantitative estimate of drug-likeness (QED) is 0.832. The predicted molar refractivity (Wildman–Crippen MR) is 62.7 cm³/mol. The van der Waals surface area contributed by atoms with E-state index >= 15 is 0 Å². The van der Waals surface area contributed by atoms with Crippen LogP contribution in [0.5, 0.6) is 0 Å². The first-order valence-electron chi connectivity index (χ1n) is 5.37. The second kappa shape index (κ2) is 5.30. The molecular formula is C13H13FN2O. The van der Waals surface area contributed by atoms with E-state index in [1.54, 1.807) is 12.1 Å². The molecule has 0 atom stereocenters. The molecule has 1 aromatic heterocycles. The third-order valence-corrected chi connectivity index (χ3v) is 2.43. The van der Waals surface area contributed by atoms with Crippen LogP contribution in [0, 0.1) is 5.82 Å². The maximum atomic E-state index is 12.7. The standard InChI is InChI=1S/C13H13FN2O/c14-12-3-1-10(2-4-12)7-13(17)16-9-11-5-6-15-8-11/h1-6,8,15H,7,9H2,(H,16,17). The second-order valence-electron chi connectivity index (χ2n) is 3.80. The van der Waals surface area contributed by atoms with E-state index in [1.165, 1.54) is 12.1 Å². The topological polar surface area (TPSA) is 44.9 Å². The highest BCUT2D eigenvalue weighted by Gasteiger charge is 2.03. The lowest BCUT2D eigenvalue weighted by molar-refractivity contribution is -0.120. The molecule has 0 spiro atoms. The lowest BCUT2D eigenvalue weighted by atomic mass is 10.1. The zero-order valence-corrected chi connectivity index (χ0v) is 9.24. The SMILES string of the molecule is O=C(Cc1ccc(F)cc1)NCc1cc[nH]c1. The molecule has 1 amide bonds. The van der Waals surface area contributed by atoms with Gasteiger partial charge in [0.2, 0.25) is 5.91 Å². The van der Waals surface area contributed by atoms with Gasteiger partial charge in [-0.25, -0.2) is 4.39 Å². The van der Waals surface area contributed by atoms with Crippen molar-refractivity contribution < 1.29 is 9.18 Å². The number of hydrogen-bond donors (Lipinski definition) is 2. The van der Waals surface area contributed by atoms with E-state index < -0.39 is 0 Å². The van der Waals surface area contributed by atoms with Crippen molar-refractivity contribution in [2.24, 2.45) is 0 Å². The Morgan fingerprint density at radius 3 is 2.59 bits per heavy atom.